The Morgan fingerprint density at radius 2 is 1.90 bits per heavy atom. The lowest BCUT2D eigenvalue weighted by Gasteiger charge is -2.39. The second-order valence-corrected chi connectivity index (χ2v) is 6.02. The zero-order chi connectivity index (χ0) is 14.7. The lowest BCUT2D eigenvalue weighted by molar-refractivity contribution is -0.183. The van der Waals surface area contributed by atoms with Gasteiger partial charge in [0.25, 0.3) is 0 Å². The van der Waals surface area contributed by atoms with Crippen molar-refractivity contribution in [1.82, 2.24) is 4.90 Å². The van der Waals surface area contributed by atoms with Crippen molar-refractivity contribution in [3.05, 3.63) is 35.4 Å². The predicted molar refractivity (Wildman–Crippen MR) is 79.5 cm³/mol. The molecule has 0 atom stereocenters. The molecule has 1 aromatic carbocycles. The molecule has 0 bridgehead atoms. The van der Waals surface area contributed by atoms with Crippen LogP contribution in [-0.4, -0.2) is 37.0 Å². The average Bonchev–Trinajstić information content (AvgIpc) is 2.96. The third-order valence-electron chi connectivity index (χ3n) is 4.71. The van der Waals surface area contributed by atoms with Crippen LogP contribution in [0.5, 0.6) is 0 Å². The van der Waals surface area contributed by atoms with Crippen molar-refractivity contribution in [1.29, 1.82) is 5.26 Å². The van der Waals surface area contributed by atoms with Gasteiger partial charge in [0.2, 0.25) is 0 Å². The van der Waals surface area contributed by atoms with Crippen LogP contribution in [-0.2, 0) is 16.0 Å². The van der Waals surface area contributed by atoms with Gasteiger partial charge in [0.05, 0.1) is 24.8 Å². The van der Waals surface area contributed by atoms with Gasteiger partial charge in [0.1, 0.15) is 0 Å². The smallest absolute Gasteiger partial charge is 0.168 e. The van der Waals surface area contributed by atoms with Crippen LogP contribution in [0.25, 0.3) is 0 Å². The largest absolute Gasteiger partial charge is 0.348 e. The van der Waals surface area contributed by atoms with Gasteiger partial charge in [-0.15, -0.1) is 0 Å². The van der Waals surface area contributed by atoms with E-state index in [0.29, 0.717) is 6.04 Å². The molecule has 4 nitrogen and oxygen atoms in total. The fourth-order valence-corrected chi connectivity index (χ4v) is 3.43. The van der Waals surface area contributed by atoms with Gasteiger partial charge in [-0.1, -0.05) is 18.2 Å². The molecule has 1 heterocycles. The first-order valence-electron chi connectivity index (χ1n) is 7.69. The van der Waals surface area contributed by atoms with E-state index in [9.17, 15) is 5.26 Å². The molecule has 1 spiro atoms. The van der Waals surface area contributed by atoms with Gasteiger partial charge in [0.15, 0.2) is 5.79 Å². The highest BCUT2D eigenvalue weighted by molar-refractivity contribution is 5.37. The summed E-state index contributed by atoms with van der Waals surface area (Å²) in [5.41, 5.74) is 1.88. The topological polar surface area (TPSA) is 45.5 Å². The Kier molecular flexibility index (Phi) is 4.25. The second kappa shape index (κ2) is 6.15. The minimum absolute atomic E-state index is 0.290. The molecule has 0 amide bonds. The van der Waals surface area contributed by atoms with Crippen molar-refractivity contribution in [3.63, 3.8) is 0 Å². The number of hydrogen-bond acceptors (Lipinski definition) is 4. The molecule has 0 aromatic heterocycles. The van der Waals surface area contributed by atoms with Crippen LogP contribution in [0.1, 0.15) is 36.8 Å². The first-order valence-corrected chi connectivity index (χ1v) is 7.69. The van der Waals surface area contributed by atoms with Crippen LogP contribution in [0, 0.1) is 11.3 Å². The van der Waals surface area contributed by atoms with Crippen molar-refractivity contribution in [3.8, 4) is 6.07 Å². The molecule has 1 aromatic rings. The van der Waals surface area contributed by atoms with E-state index in [0.717, 1.165) is 56.6 Å². The molecule has 1 aliphatic carbocycles. The molecule has 0 radical (unpaired) electrons. The summed E-state index contributed by atoms with van der Waals surface area (Å²) in [4.78, 5) is 2.36. The Labute approximate surface area is 126 Å². The van der Waals surface area contributed by atoms with Gasteiger partial charge in [-0.25, -0.2) is 0 Å². The number of nitrogens with zero attached hydrogens (tertiary/aromatic N) is 2. The Hall–Kier alpha value is -1.41. The van der Waals surface area contributed by atoms with Crippen LogP contribution in [0.2, 0.25) is 0 Å². The zero-order valence-electron chi connectivity index (χ0n) is 12.5. The monoisotopic (exact) mass is 286 g/mol. The lowest BCUT2D eigenvalue weighted by Crippen LogP contribution is -2.42. The summed E-state index contributed by atoms with van der Waals surface area (Å²) in [5.74, 6) is -0.290. The highest BCUT2D eigenvalue weighted by atomic mass is 16.7. The summed E-state index contributed by atoms with van der Waals surface area (Å²) < 4.78 is 11.6. The van der Waals surface area contributed by atoms with E-state index in [2.05, 4.69) is 18.0 Å². The van der Waals surface area contributed by atoms with Crippen LogP contribution in [0.4, 0.5) is 0 Å². The van der Waals surface area contributed by atoms with E-state index in [-0.39, 0.29) is 5.79 Å². The summed E-state index contributed by atoms with van der Waals surface area (Å²) in [7, 11) is 2.15. The Bertz CT molecular complexity index is 522. The van der Waals surface area contributed by atoms with Gasteiger partial charge >= 0.3 is 0 Å². The number of nitriles is 1. The maximum absolute atomic E-state index is 9.18. The maximum atomic E-state index is 9.18. The molecule has 112 valence electrons. The van der Waals surface area contributed by atoms with Gasteiger partial charge in [-0.3, -0.25) is 4.90 Å². The van der Waals surface area contributed by atoms with Gasteiger partial charge in [-0.2, -0.15) is 5.26 Å². The minimum Gasteiger partial charge on any atom is -0.348 e. The second-order valence-electron chi connectivity index (χ2n) is 6.02. The molecular formula is C17H22N2O2. The molecule has 2 aliphatic rings. The predicted octanol–water partition coefficient (Wildman–Crippen LogP) is 2.68. The highest BCUT2D eigenvalue weighted by Crippen LogP contribution is 2.37. The first kappa shape index (κ1) is 14.5. The molecule has 21 heavy (non-hydrogen) atoms. The third-order valence-corrected chi connectivity index (χ3v) is 4.71. The number of hydrogen-bond donors (Lipinski definition) is 0. The molecule has 1 saturated carbocycles. The van der Waals surface area contributed by atoms with Crippen LogP contribution < -0.4 is 0 Å². The van der Waals surface area contributed by atoms with Crippen molar-refractivity contribution < 1.29 is 9.47 Å². The van der Waals surface area contributed by atoms with E-state index in [1.807, 2.05) is 24.3 Å². The summed E-state index contributed by atoms with van der Waals surface area (Å²) in [5, 5.41) is 9.18. The summed E-state index contributed by atoms with van der Waals surface area (Å²) >= 11 is 0. The number of benzene rings is 1. The van der Waals surface area contributed by atoms with Crippen molar-refractivity contribution in [2.75, 3.05) is 20.3 Å². The maximum Gasteiger partial charge on any atom is 0.168 e. The SMILES string of the molecule is CN(Cc1ccccc1C#N)C1CCC2(CC1)OCCO2. The summed E-state index contributed by atoms with van der Waals surface area (Å²) in [6, 6.07) is 10.7. The van der Waals surface area contributed by atoms with E-state index in [1.54, 1.807) is 0 Å². The number of rotatable bonds is 3. The van der Waals surface area contributed by atoms with E-state index in [1.165, 1.54) is 0 Å². The van der Waals surface area contributed by atoms with E-state index < -0.39 is 0 Å². The van der Waals surface area contributed by atoms with Gasteiger partial charge < -0.3 is 9.47 Å². The normalized spacial score (nSPS) is 21.8. The molecule has 2 fully saturated rings. The van der Waals surface area contributed by atoms with Crippen molar-refractivity contribution in [2.24, 2.45) is 0 Å². The van der Waals surface area contributed by atoms with Gasteiger partial charge in [0, 0.05) is 25.4 Å². The highest BCUT2D eigenvalue weighted by Gasteiger charge is 2.41. The van der Waals surface area contributed by atoms with Gasteiger partial charge in [-0.05, 0) is 31.5 Å². The van der Waals surface area contributed by atoms with Crippen molar-refractivity contribution >= 4 is 0 Å². The molecule has 1 aliphatic heterocycles. The van der Waals surface area contributed by atoms with Crippen LogP contribution >= 0.6 is 0 Å². The summed E-state index contributed by atoms with van der Waals surface area (Å²) in [6.07, 6.45) is 4.13. The first-order chi connectivity index (χ1) is 10.2. The van der Waals surface area contributed by atoms with Crippen molar-refractivity contribution in [2.45, 2.75) is 44.1 Å². The Morgan fingerprint density at radius 1 is 1.24 bits per heavy atom. The number of ether oxygens (including phenoxy) is 2. The fraction of sp³-hybridized carbons (Fsp3) is 0.588. The van der Waals surface area contributed by atoms with E-state index >= 15 is 0 Å². The molecule has 0 unspecified atom stereocenters. The Balaban J connectivity index is 1.59. The van der Waals surface area contributed by atoms with Crippen LogP contribution in [0.3, 0.4) is 0 Å². The Morgan fingerprint density at radius 3 is 2.57 bits per heavy atom. The fourth-order valence-electron chi connectivity index (χ4n) is 3.43. The van der Waals surface area contributed by atoms with Crippen LogP contribution in [0.15, 0.2) is 24.3 Å². The quantitative estimate of drug-likeness (QED) is 0.857. The molecule has 0 N–H and O–H groups in total. The lowest BCUT2D eigenvalue weighted by atomic mass is 9.89. The molecule has 1 saturated heterocycles. The standard InChI is InChI=1S/C17H22N2O2/c1-19(13-15-5-3-2-4-14(15)12-18)16-6-8-17(9-7-16)20-10-11-21-17/h2-5,16H,6-11,13H2,1H3. The third kappa shape index (κ3) is 3.11. The molecule has 4 heteroatoms. The zero-order valence-corrected chi connectivity index (χ0v) is 12.5. The molecule has 3 rings (SSSR count). The minimum atomic E-state index is -0.290. The summed E-state index contributed by atoms with van der Waals surface area (Å²) in [6.45, 7) is 2.29. The average molecular weight is 286 g/mol. The van der Waals surface area contributed by atoms with E-state index in [4.69, 9.17) is 9.47 Å². The molecular weight excluding hydrogens is 264 g/mol.